The van der Waals surface area contributed by atoms with Crippen molar-refractivity contribution in [1.29, 1.82) is 0 Å². The van der Waals surface area contributed by atoms with Gasteiger partial charge in [0.05, 0.1) is 7.11 Å². The molecule has 0 amide bonds. The van der Waals surface area contributed by atoms with Gasteiger partial charge in [0.25, 0.3) is 0 Å². The minimum Gasteiger partial charge on any atom is -0.496 e. The van der Waals surface area contributed by atoms with Crippen LogP contribution in [0.1, 0.15) is 30.0 Å². The third-order valence-electron chi connectivity index (χ3n) is 4.41. The summed E-state index contributed by atoms with van der Waals surface area (Å²) in [5.74, 6) is 0.877. The summed E-state index contributed by atoms with van der Waals surface area (Å²) in [6, 6.07) is 17.1. The van der Waals surface area contributed by atoms with E-state index in [1.807, 2.05) is 18.2 Å². The number of piperidine rings is 1. The van der Waals surface area contributed by atoms with Crippen LogP contribution in [0.25, 0.3) is 0 Å². The fraction of sp³-hybridized carbons (Fsp3) is 0.368. The fourth-order valence-corrected chi connectivity index (χ4v) is 3.44. The van der Waals surface area contributed by atoms with Crippen LogP contribution in [0.5, 0.6) is 5.75 Å². The van der Waals surface area contributed by atoms with Crippen molar-refractivity contribution in [2.75, 3.05) is 13.7 Å². The van der Waals surface area contributed by atoms with E-state index in [0.717, 1.165) is 35.8 Å². The molecule has 0 aromatic heterocycles. The molecule has 2 aromatic carbocycles. The van der Waals surface area contributed by atoms with Gasteiger partial charge in [0, 0.05) is 29.2 Å². The van der Waals surface area contributed by atoms with Gasteiger partial charge in [-0.25, -0.2) is 0 Å². The maximum Gasteiger partial charge on any atom is 0.123 e. The Hall–Kier alpha value is -1.55. The summed E-state index contributed by atoms with van der Waals surface area (Å²) >= 11 is 6.12. The minimum absolute atomic E-state index is 0.343. The number of benzene rings is 2. The predicted molar refractivity (Wildman–Crippen MR) is 95.1 cm³/mol. The molecule has 1 saturated heterocycles. The van der Waals surface area contributed by atoms with Crippen molar-refractivity contribution in [3.8, 4) is 5.75 Å². The van der Waals surface area contributed by atoms with Gasteiger partial charge in [-0.2, -0.15) is 0 Å². The van der Waals surface area contributed by atoms with Crippen molar-refractivity contribution in [1.82, 2.24) is 10.6 Å². The highest BCUT2D eigenvalue weighted by atomic mass is 35.5. The van der Waals surface area contributed by atoms with Crippen molar-refractivity contribution in [3.05, 3.63) is 64.7 Å². The van der Waals surface area contributed by atoms with E-state index in [0.29, 0.717) is 12.1 Å². The van der Waals surface area contributed by atoms with Crippen LogP contribution in [0.15, 0.2) is 48.5 Å². The first kappa shape index (κ1) is 16.3. The molecule has 1 aliphatic heterocycles. The Morgan fingerprint density at radius 1 is 1.22 bits per heavy atom. The number of ether oxygens (including phenoxy) is 1. The normalized spacial score (nSPS) is 21.1. The minimum atomic E-state index is 0.343. The molecule has 2 aromatic rings. The molecule has 122 valence electrons. The maximum atomic E-state index is 6.12. The van der Waals surface area contributed by atoms with E-state index >= 15 is 0 Å². The number of rotatable bonds is 5. The lowest BCUT2D eigenvalue weighted by Crippen LogP contribution is -2.45. The van der Waals surface area contributed by atoms with Crippen LogP contribution in [0, 0.1) is 0 Å². The van der Waals surface area contributed by atoms with E-state index in [-0.39, 0.29) is 0 Å². The summed E-state index contributed by atoms with van der Waals surface area (Å²) in [6.45, 7) is 1.82. The largest absolute Gasteiger partial charge is 0.496 e. The number of hydrogen-bond donors (Lipinski definition) is 2. The summed E-state index contributed by atoms with van der Waals surface area (Å²) in [6.07, 6.45) is 2.35. The lowest BCUT2D eigenvalue weighted by atomic mass is 9.92. The third kappa shape index (κ3) is 4.05. The maximum absolute atomic E-state index is 6.12. The van der Waals surface area contributed by atoms with Crippen LogP contribution in [0.4, 0.5) is 0 Å². The first-order valence-electron chi connectivity index (χ1n) is 8.12. The van der Waals surface area contributed by atoms with Gasteiger partial charge in [0.1, 0.15) is 5.75 Å². The second-order valence-electron chi connectivity index (χ2n) is 5.93. The molecule has 0 spiro atoms. The molecular weight excluding hydrogens is 308 g/mol. The van der Waals surface area contributed by atoms with E-state index in [2.05, 4.69) is 41.0 Å². The van der Waals surface area contributed by atoms with Gasteiger partial charge in [-0.05, 0) is 43.1 Å². The van der Waals surface area contributed by atoms with Gasteiger partial charge in [-0.15, -0.1) is 0 Å². The molecule has 1 fully saturated rings. The van der Waals surface area contributed by atoms with Gasteiger partial charge >= 0.3 is 0 Å². The second-order valence-corrected chi connectivity index (χ2v) is 6.36. The molecule has 3 nitrogen and oxygen atoms in total. The zero-order valence-electron chi connectivity index (χ0n) is 13.4. The molecular formula is C19H23ClN2O. The molecule has 0 radical (unpaired) electrons. The molecule has 23 heavy (non-hydrogen) atoms. The average Bonchev–Trinajstić information content (AvgIpc) is 2.61. The van der Waals surface area contributed by atoms with E-state index in [4.69, 9.17) is 16.3 Å². The van der Waals surface area contributed by atoms with Crippen molar-refractivity contribution >= 4 is 11.6 Å². The smallest absolute Gasteiger partial charge is 0.123 e. The Balaban J connectivity index is 1.72. The fourth-order valence-electron chi connectivity index (χ4n) is 3.25. The second kappa shape index (κ2) is 7.82. The van der Waals surface area contributed by atoms with Crippen LogP contribution in [-0.2, 0) is 6.54 Å². The third-order valence-corrected chi connectivity index (χ3v) is 4.65. The van der Waals surface area contributed by atoms with Gasteiger partial charge in [0.2, 0.25) is 0 Å². The molecule has 0 bridgehead atoms. The topological polar surface area (TPSA) is 33.3 Å². The zero-order valence-corrected chi connectivity index (χ0v) is 14.1. The molecule has 3 rings (SSSR count). The Morgan fingerprint density at radius 3 is 2.83 bits per heavy atom. The molecule has 0 aliphatic carbocycles. The Labute approximate surface area is 143 Å². The molecule has 1 heterocycles. The summed E-state index contributed by atoms with van der Waals surface area (Å²) in [7, 11) is 1.70. The highest BCUT2D eigenvalue weighted by molar-refractivity contribution is 6.30. The van der Waals surface area contributed by atoms with E-state index in [9.17, 15) is 0 Å². The van der Waals surface area contributed by atoms with E-state index in [1.165, 1.54) is 12.0 Å². The van der Waals surface area contributed by atoms with E-state index in [1.54, 1.807) is 7.11 Å². The molecule has 1 aliphatic rings. The quantitative estimate of drug-likeness (QED) is 0.871. The lowest BCUT2D eigenvalue weighted by molar-refractivity contribution is 0.303. The van der Waals surface area contributed by atoms with Crippen LogP contribution in [-0.4, -0.2) is 19.7 Å². The van der Waals surface area contributed by atoms with Crippen LogP contribution in [0.2, 0.25) is 5.02 Å². The van der Waals surface area contributed by atoms with Gasteiger partial charge in [0.15, 0.2) is 0 Å². The first-order valence-corrected chi connectivity index (χ1v) is 8.50. The van der Waals surface area contributed by atoms with Crippen molar-refractivity contribution in [3.63, 3.8) is 0 Å². The van der Waals surface area contributed by atoms with Crippen molar-refractivity contribution in [2.45, 2.75) is 31.5 Å². The van der Waals surface area contributed by atoms with Gasteiger partial charge in [-0.1, -0.05) is 41.9 Å². The van der Waals surface area contributed by atoms with Crippen LogP contribution in [0.3, 0.4) is 0 Å². The number of halogens is 1. The summed E-state index contributed by atoms with van der Waals surface area (Å²) in [5.41, 5.74) is 2.43. The standard InChI is InChI=1S/C19H23ClN2O/c1-23-18-10-9-16(20)12-15(18)13-22-17-8-5-11-21-19(17)14-6-3-2-4-7-14/h2-4,6-7,9-10,12,17,19,21-22H,5,8,11,13H2,1H3/t17-,19-/m0/s1. The predicted octanol–water partition coefficient (Wildman–Crippen LogP) is 3.93. The summed E-state index contributed by atoms with van der Waals surface area (Å²) in [4.78, 5) is 0. The molecule has 0 saturated carbocycles. The summed E-state index contributed by atoms with van der Waals surface area (Å²) < 4.78 is 5.44. The van der Waals surface area contributed by atoms with Crippen molar-refractivity contribution < 1.29 is 4.74 Å². The summed E-state index contributed by atoms with van der Waals surface area (Å²) in [5, 5.41) is 8.07. The Bertz CT molecular complexity index is 633. The monoisotopic (exact) mass is 330 g/mol. The molecule has 2 atom stereocenters. The van der Waals surface area contributed by atoms with Crippen molar-refractivity contribution in [2.24, 2.45) is 0 Å². The molecule has 0 unspecified atom stereocenters. The Kier molecular flexibility index (Phi) is 5.55. The van der Waals surface area contributed by atoms with Gasteiger partial charge < -0.3 is 15.4 Å². The van der Waals surface area contributed by atoms with E-state index < -0.39 is 0 Å². The number of nitrogens with one attached hydrogen (secondary N) is 2. The lowest BCUT2D eigenvalue weighted by Gasteiger charge is -2.34. The molecule has 2 N–H and O–H groups in total. The van der Waals surface area contributed by atoms with Crippen LogP contribution < -0.4 is 15.4 Å². The van der Waals surface area contributed by atoms with Crippen LogP contribution >= 0.6 is 11.6 Å². The highest BCUT2D eigenvalue weighted by Crippen LogP contribution is 2.26. The Morgan fingerprint density at radius 2 is 2.04 bits per heavy atom. The number of methoxy groups -OCH3 is 1. The number of hydrogen-bond acceptors (Lipinski definition) is 3. The highest BCUT2D eigenvalue weighted by Gasteiger charge is 2.25. The average molecular weight is 331 g/mol. The molecule has 4 heteroatoms. The first-order chi connectivity index (χ1) is 11.3. The zero-order chi connectivity index (χ0) is 16.1. The SMILES string of the molecule is COc1ccc(Cl)cc1CN[C@H]1CCCN[C@H]1c1ccccc1. The van der Waals surface area contributed by atoms with Gasteiger partial charge in [-0.3, -0.25) is 0 Å².